The standard InChI is InChI=1S/C20H24F3NO6/c1-27-16-4-2-14(3-5-16)11-28-13-17(20(21,22)23)30-18(26)24-8-6-19(7-9-24)10-15(25)12-29-19/h2-5,17H,6-13H2,1H3/t17-/m1/s1. The Morgan fingerprint density at radius 1 is 1.23 bits per heavy atom. The van der Waals surface area contributed by atoms with Crippen LogP contribution < -0.4 is 4.74 Å². The smallest absolute Gasteiger partial charge is 0.427 e. The molecule has 0 N–H and O–H groups in total. The molecular weight excluding hydrogens is 407 g/mol. The molecule has 0 bridgehead atoms. The third-order valence-corrected chi connectivity index (χ3v) is 5.30. The summed E-state index contributed by atoms with van der Waals surface area (Å²) < 4.78 is 60.3. The van der Waals surface area contributed by atoms with Gasteiger partial charge in [0.05, 0.1) is 25.9 Å². The van der Waals surface area contributed by atoms with Crippen LogP contribution in [0.2, 0.25) is 0 Å². The van der Waals surface area contributed by atoms with Gasteiger partial charge in [-0.2, -0.15) is 13.2 Å². The van der Waals surface area contributed by atoms with Gasteiger partial charge in [0.15, 0.2) is 5.78 Å². The number of rotatable bonds is 6. The number of carbonyl (C=O) groups excluding carboxylic acids is 2. The summed E-state index contributed by atoms with van der Waals surface area (Å²) in [6.07, 6.45) is -7.13. The molecule has 7 nitrogen and oxygen atoms in total. The summed E-state index contributed by atoms with van der Waals surface area (Å²) >= 11 is 0. The molecule has 2 aliphatic rings. The molecule has 1 spiro atoms. The molecule has 2 heterocycles. The second-order valence-electron chi connectivity index (χ2n) is 7.45. The number of Topliss-reactive ketones (excluding diaryl/α,β-unsaturated/α-hetero) is 1. The van der Waals surface area contributed by atoms with Gasteiger partial charge in [-0.3, -0.25) is 4.79 Å². The molecule has 2 fully saturated rings. The number of piperidine rings is 1. The summed E-state index contributed by atoms with van der Waals surface area (Å²) in [6, 6.07) is 6.69. The fourth-order valence-electron chi connectivity index (χ4n) is 3.51. The molecule has 166 valence electrons. The number of ketones is 1. The summed E-state index contributed by atoms with van der Waals surface area (Å²) in [6.45, 7) is -0.485. The number of amides is 1. The lowest BCUT2D eigenvalue weighted by atomic mass is 9.88. The molecule has 0 radical (unpaired) electrons. The maximum Gasteiger partial charge on any atom is 0.427 e. The summed E-state index contributed by atoms with van der Waals surface area (Å²) in [5.41, 5.74) is 0.0640. The van der Waals surface area contributed by atoms with E-state index in [1.54, 1.807) is 24.3 Å². The monoisotopic (exact) mass is 431 g/mol. The van der Waals surface area contributed by atoms with Crippen LogP contribution in [0.3, 0.4) is 0 Å². The highest BCUT2D eigenvalue weighted by Crippen LogP contribution is 2.34. The van der Waals surface area contributed by atoms with Crippen molar-refractivity contribution in [1.29, 1.82) is 0 Å². The molecule has 0 aromatic heterocycles. The third-order valence-electron chi connectivity index (χ3n) is 5.30. The molecule has 1 atom stereocenters. The molecule has 2 aliphatic heterocycles. The van der Waals surface area contributed by atoms with Crippen LogP contribution in [0.25, 0.3) is 0 Å². The van der Waals surface area contributed by atoms with E-state index < -0.39 is 30.6 Å². The fourth-order valence-corrected chi connectivity index (χ4v) is 3.51. The molecule has 1 aromatic rings. The van der Waals surface area contributed by atoms with Gasteiger partial charge in [0.2, 0.25) is 6.10 Å². The Morgan fingerprint density at radius 3 is 2.43 bits per heavy atom. The molecule has 0 saturated carbocycles. The number of likely N-dealkylation sites (tertiary alicyclic amines) is 1. The first kappa shape index (κ1) is 22.4. The molecule has 3 rings (SSSR count). The molecule has 1 aromatic carbocycles. The Bertz CT molecular complexity index is 744. The first-order valence-electron chi connectivity index (χ1n) is 9.59. The van der Waals surface area contributed by atoms with Crippen molar-refractivity contribution in [2.75, 3.05) is 33.4 Å². The number of benzene rings is 1. The SMILES string of the molecule is COc1ccc(COC[C@@H](OC(=O)N2CCC3(CC2)CC(=O)CO3)C(F)(F)F)cc1. The van der Waals surface area contributed by atoms with Gasteiger partial charge < -0.3 is 23.8 Å². The van der Waals surface area contributed by atoms with E-state index in [-0.39, 0.29) is 38.5 Å². The molecule has 30 heavy (non-hydrogen) atoms. The molecule has 1 amide bonds. The first-order valence-corrected chi connectivity index (χ1v) is 9.59. The minimum atomic E-state index is -4.76. The molecule has 10 heteroatoms. The van der Waals surface area contributed by atoms with Crippen LogP contribution in [-0.2, 0) is 25.6 Å². The van der Waals surface area contributed by atoms with Gasteiger partial charge in [-0.15, -0.1) is 0 Å². The van der Waals surface area contributed by atoms with E-state index in [2.05, 4.69) is 0 Å². The fraction of sp³-hybridized carbons (Fsp3) is 0.600. The van der Waals surface area contributed by atoms with Gasteiger partial charge in [0, 0.05) is 19.5 Å². The Balaban J connectivity index is 1.49. The zero-order valence-electron chi connectivity index (χ0n) is 16.6. The van der Waals surface area contributed by atoms with Gasteiger partial charge in [0.1, 0.15) is 12.4 Å². The van der Waals surface area contributed by atoms with Crippen molar-refractivity contribution in [3.63, 3.8) is 0 Å². The molecular formula is C20H24F3NO6. The second kappa shape index (κ2) is 9.22. The summed E-state index contributed by atoms with van der Waals surface area (Å²) in [5, 5.41) is 0. The van der Waals surface area contributed by atoms with Crippen molar-refractivity contribution in [3.8, 4) is 5.75 Å². The van der Waals surface area contributed by atoms with E-state index in [9.17, 15) is 22.8 Å². The van der Waals surface area contributed by atoms with Crippen LogP contribution in [0.1, 0.15) is 24.8 Å². The average Bonchev–Trinajstić information content (AvgIpc) is 3.07. The minimum Gasteiger partial charge on any atom is -0.497 e. The van der Waals surface area contributed by atoms with Gasteiger partial charge in [-0.05, 0) is 30.5 Å². The topological polar surface area (TPSA) is 74.3 Å². The number of methoxy groups -OCH3 is 1. The van der Waals surface area contributed by atoms with E-state index in [1.807, 2.05) is 0 Å². The van der Waals surface area contributed by atoms with Gasteiger partial charge in [-0.1, -0.05) is 12.1 Å². The number of carbonyl (C=O) groups is 2. The van der Waals surface area contributed by atoms with Crippen molar-refractivity contribution in [2.24, 2.45) is 0 Å². The summed E-state index contributed by atoms with van der Waals surface area (Å²) in [4.78, 5) is 24.9. The van der Waals surface area contributed by atoms with E-state index >= 15 is 0 Å². The van der Waals surface area contributed by atoms with Crippen molar-refractivity contribution in [2.45, 2.75) is 43.8 Å². The number of halogens is 3. The van der Waals surface area contributed by atoms with Crippen molar-refractivity contribution in [1.82, 2.24) is 4.90 Å². The lowest BCUT2D eigenvalue weighted by molar-refractivity contribution is -0.220. The Labute approximate surface area is 172 Å². The predicted molar refractivity (Wildman–Crippen MR) is 98.1 cm³/mol. The zero-order valence-corrected chi connectivity index (χ0v) is 16.6. The zero-order chi connectivity index (χ0) is 21.8. The summed E-state index contributed by atoms with van der Waals surface area (Å²) in [7, 11) is 1.51. The molecule has 0 unspecified atom stereocenters. The number of ether oxygens (including phenoxy) is 4. The summed E-state index contributed by atoms with van der Waals surface area (Å²) in [5.74, 6) is 0.619. The Hall–Kier alpha value is -2.33. The average molecular weight is 431 g/mol. The minimum absolute atomic E-state index is 0.00262. The highest BCUT2D eigenvalue weighted by Gasteiger charge is 2.46. The lowest BCUT2D eigenvalue weighted by Crippen LogP contribution is -2.49. The van der Waals surface area contributed by atoms with E-state index in [0.717, 1.165) is 0 Å². The largest absolute Gasteiger partial charge is 0.497 e. The van der Waals surface area contributed by atoms with E-state index in [1.165, 1.54) is 12.0 Å². The molecule has 0 aliphatic carbocycles. The van der Waals surface area contributed by atoms with Crippen molar-refractivity contribution < 1.29 is 41.7 Å². The van der Waals surface area contributed by atoms with Gasteiger partial charge >= 0.3 is 12.3 Å². The normalized spacial score (nSPS) is 19.7. The number of nitrogens with zero attached hydrogens (tertiary/aromatic N) is 1. The number of alkyl halides is 3. The quantitative estimate of drug-likeness (QED) is 0.689. The first-order chi connectivity index (χ1) is 14.2. The van der Waals surface area contributed by atoms with Crippen LogP contribution in [-0.4, -0.2) is 68.1 Å². The van der Waals surface area contributed by atoms with Crippen LogP contribution >= 0.6 is 0 Å². The maximum atomic E-state index is 13.3. The molecule has 2 saturated heterocycles. The number of hydrogen-bond acceptors (Lipinski definition) is 6. The van der Waals surface area contributed by atoms with Gasteiger partial charge in [0.25, 0.3) is 0 Å². The van der Waals surface area contributed by atoms with Crippen LogP contribution in [0.15, 0.2) is 24.3 Å². The van der Waals surface area contributed by atoms with Crippen molar-refractivity contribution in [3.05, 3.63) is 29.8 Å². The second-order valence-corrected chi connectivity index (χ2v) is 7.45. The highest BCUT2D eigenvalue weighted by molar-refractivity contribution is 5.82. The van der Waals surface area contributed by atoms with E-state index in [4.69, 9.17) is 18.9 Å². The number of hydrogen-bond donors (Lipinski definition) is 0. The predicted octanol–water partition coefficient (Wildman–Crippen LogP) is 3.10. The van der Waals surface area contributed by atoms with Crippen LogP contribution in [0.5, 0.6) is 5.75 Å². The van der Waals surface area contributed by atoms with Crippen molar-refractivity contribution >= 4 is 11.9 Å². The maximum absolute atomic E-state index is 13.3. The van der Waals surface area contributed by atoms with Crippen LogP contribution in [0.4, 0.5) is 18.0 Å². The van der Waals surface area contributed by atoms with Gasteiger partial charge in [-0.25, -0.2) is 4.79 Å². The van der Waals surface area contributed by atoms with E-state index in [0.29, 0.717) is 24.2 Å². The Morgan fingerprint density at radius 2 is 1.90 bits per heavy atom. The highest BCUT2D eigenvalue weighted by atomic mass is 19.4. The third kappa shape index (κ3) is 5.63. The Kier molecular flexibility index (Phi) is 6.87. The lowest BCUT2D eigenvalue weighted by Gasteiger charge is -2.38. The van der Waals surface area contributed by atoms with Crippen LogP contribution in [0, 0.1) is 0 Å².